The molecule has 7 N–H and O–H groups in total. The molecule has 0 bridgehead atoms. The monoisotopic (exact) mass is 522 g/mol. The summed E-state index contributed by atoms with van der Waals surface area (Å²) in [6, 6.07) is -4.24. The first kappa shape index (κ1) is 32.0. The van der Waals surface area contributed by atoms with Gasteiger partial charge in [-0.1, -0.05) is 13.8 Å². The molecule has 0 saturated heterocycles. The third-order valence-corrected chi connectivity index (χ3v) is 6.10. The fraction of sp³-hybridized carbons (Fsp3) is 0.762. The molecule has 0 radical (unpaired) electrons. The van der Waals surface area contributed by atoms with Crippen LogP contribution >= 0.6 is 23.5 Å². The van der Waals surface area contributed by atoms with Crippen molar-refractivity contribution in [2.24, 2.45) is 11.7 Å². The molecule has 0 aromatic heterocycles. The molecule has 11 nitrogen and oxygen atoms in total. The molecule has 13 heteroatoms. The third-order valence-electron chi connectivity index (χ3n) is 4.81. The van der Waals surface area contributed by atoms with Gasteiger partial charge >= 0.3 is 11.9 Å². The van der Waals surface area contributed by atoms with Gasteiger partial charge in [-0.2, -0.15) is 23.5 Å². The van der Waals surface area contributed by atoms with Crippen LogP contribution in [0.25, 0.3) is 0 Å². The minimum atomic E-state index is -1.21. The van der Waals surface area contributed by atoms with Crippen LogP contribution in [0.15, 0.2) is 0 Å². The summed E-state index contributed by atoms with van der Waals surface area (Å²) in [5.74, 6) is -3.14. The maximum absolute atomic E-state index is 12.9. The van der Waals surface area contributed by atoms with Crippen molar-refractivity contribution in [3.8, 4) is 0 Å². The largest absolute Gasteiger partial charge is 0.481 e. The van der Waals surface area contributed by atoms with Gasteiger partial charge < -0.3 is 31.9 Å². The molecule has 0 spiro atoms. The van der Waals surface area contributed by atoms with E-state index in [4.69, 9.17) is 10.8 Å². The summed E-state index contributed by atoms with van der Waals surface area (Å²) in [7, 11) is 0. The number of thioether (sulfide) groups is 2. The standard InChI is InChI=1S/C21H38N4O7S2/c1-12(2)11-16(21(31)32)25-20(30)15(8-10-34-4)24-19(29)14(5-6-17(26)27)23-18(28)13(22)7-9-33-3/h12-16H,5-11,22H2,1-4H3,(H,23,28)(H,24,29)(H,25,30)(H,26,27)(H,31,32). The smallest absolute Gasteiger partial charge is 0.326 e. The molecular weight excluding hydrogens is 484 g/mol. The second-order valence-electron chi connectivity index (χ2n) is 8.25. The number of carboxylic acids is 2. The molecule has 0 rings (SSSR count). The second kappa shape index (κ2) is 17.4. The van der Waals surface area contributed by atoms with Gasteiger partial charge in [-0.15, -0.1) is 0 Å². The van der Waals surface area contributed by atoms with E-state index in [0.29, 0.717) is 17.9 Å². The van der Waals surface area contributed by atoms with Crippen LogP contribution in [0.4, 0.5) is 0 Å². The van der Waals surface area contributed by atoms with E-state index in [1.807, 2.05) is 26.4 Å². The zero-order valence-corrected chi connectivity index (χ0v) is 21.8. The second-order valence-corrected chi connectivity index (χ2v) is 10.2. The summed E-state index contributed by atoms with van der Waals surface area (Å²) in [6.45, 7) is 3.66. The van der Waals surface area contributed by atoms with Gasteiger partial charge in [0.05, 0.1) is 6.04 Å². The average Bonchev–Trinajstić information content (AvgIpc) is 2.76. The number of nitrogens with one attached hydrogen (secondary N) is 3. The number of nitrogens with two attached hydrogens (primary N) is 1. The van der Waals surface area contributed by atoms with Crippen molar-refractivity contribution in [2.75, 3.05) is 24.0 Å². The molecule has 4 unspecified atom stereocenters. The third kappa shape index (κ3) is 13.7. The molecule has 0 aliphatic heterocycles. The Balaban J connectivity index is 5.48. The first-order valence-corrected chi connectivity index (χ1v) is 13.8. The maximum Gasteiger partial charge on any atom is 0.326 e. The number of hydrogen-bond acceptors (Lipinski definition) is 8. The van der Waals surface area contributed by atoms with Gasteiger partial charge in [-0.3, -0.25) is 19.2 Å². The predicted octanol–water partition coefficient (Wildman–Crippen LogP) is 0.270. The van der Waals surface area contributed by atoms with Gasteiger partial charge in [-0.05, 0) is 55.6 Å². The highest BCUT2D eigenvalue weighted by Gasteiger charge is 2.30. The van der Waals surface area contributed by atoms with Crippen LogP contribution in [0, 0.1) is 5.92 Å². The first-order valence-electron chi connectivity index (χ1n) is 11.0. The normalized spacial score (nSPS) is 14.5. The van der Waals surface area contributed by atoms with Crippen LogP contribution < -0.4 is 21.7 Å². The lowest BCUT2D eigenvalue weighted by Crippen LogP contribution is -2.57. The van der Waals surface area contributed by atoms with E-state index in [2.05, 4.69) is 16.0 Å². The molecule has 3 amide bonds. The van der Waals surface area contributed by atoms with Crippen LogP contribution in [-0.4, -0.2) is 88.1 Å². The summed E-state index contributed by atoms with van der Waals surface area (Å²) < 4.78 is 0. The summed E-state index contributed by atoms with van der Waals surface area (Å²) in [6.07, 6.45) is 3.94. The van der Waals surface area contributed by atoms with Crippen molar-refractivity contribution >= 4 is 53.2 Å². The maximum atomic E-state index is 12.9. The number of carboxylic acid groups (broad SMARTS) is 2. The quantitative estimate of drug-likeness (QED) is 0.146. The minimum Gasteiger partial charge on any atom is -0.481 e. The van der Waals surface area contributed by atoms with Gasteiger partial charge in [0.15, 0.2) is 0 Å². The fourth-order valence-corrected chi connectivity index (χ4v) is 3.89. The van der Waals surface area contributed by atoms with Gasteiger partial charge in [0, 0.05) is 6.42 Å². The minimum absolute atomic E-state index is 0.0200. The van der Waals surface area contributed by atoms with Gasteiger partial charge in [-0.25, -0.2) is 4.79 Å². The summed E-state index contributed by atoms with van der Waals surface area (Å²) in [5, 5.41) is 25.9. The number of aliphatic carboxylic acids is 2. The molecule has 0 aliphatic carbocycles. The van der Waals surface area contributed by atoms with Crippen molar-refractivity contribution in [1.82, 2.24) is 16.0 Å². The first-order chi connectivity index (χ1) is 15.9. The number of carbonyl (C=O) groups excluding carboxylic acids is 3. The number of amides is 3. The highest BCUT2D eigenvalue weighted by molar-refractivity contribution is 7.98. The lowest BCUT2D eigenvalue weighted by atomic mass is 10.0. The van der Waals surface area contributed by atoms with E-state index >= 15 is 0 Å². The summed E-state index contributed by atoms with van der Waals surface area (Å²) >= 11 is 2.95. The number of rotatable bonds is 18. The lowest BCUT2D eigenvalue weighted by Gasteiger charge is -2.25. The van der Waals surface area contributed by atoms with Crippen molar-refractivity contribution in [1.29, 1.82) is 0 Å². The van der Waals surface area contributed by atoms with Gasteiger partial charge in [0.2, 0.25) is 17.7 Å². The van der Waals surface area contributed by atoms with Crippen LogP contribution in [0.3, 0.4) is 0 Å². The Labute approximate surface area is 209 Å². The highest BCUT2D eigenvalue weighted by atomic mass is 32.2. The molecule has 0 aromatic carbocycles. The molecule has 0 aromatic rings. The molecule has 0 aliphatic rings. The van der Waals surface area contributed by atoms with E-state index in [9.17, 15) is 29.1 Å². The highest BCUT2D eigenvalue weighted by Crippen LogP contribution is 2.09. The Morgan fingerprint density at radius 3 is 1.71 bits per heavy atom. The number of carbonyl (C=O) groups is 5. The van der Waals surface area contributed by atoms with Crippen LogP contribution in [-0.2, 0) is 24.0 Å². The topological polar surface area (TPSA) is 188 Å². The lowest BCUT2D eigenvalue weighted by molar-refractivity contribution is -0.142. The Hall–Kier alpha value is -1.99. The van der Waals surface area contributed by atoms with Crippen molar-refractivity contribution < 1.29 is 34.2 Å². The van der Waals surface area contributed by atoms with Crippen molar-refractivity contribution in [3.63, 3.8) is 0 Å². The summed E-state index contributed by atoms with van der Waals surface area (Å²) in [5.41, 5.74) is 5.85. The van der Waals surface area contributed by atoms with Crippen molar-refractivity contribution in [3.05, 3.63) is 0 Å². The van der Waals surface area contributed by atoms with Crippen molar-refractivity contribution in [2.45, 2.75) is 70.1 Å². The molecule has 0 heterocycles. The van der Waals surface area contributed by atoms with E-state index in [-0.39, 0.29) is 31.6 Å². The van der Waals surface area contributed by atoms with E-state index < -0.39 is 53.8 Å². The summed E-state index contributed by atoms with van der Waals surface area (Å²) in [4.78, 5) is 60.7. The molecular formula is C21H38N4O7S2. The van der Waals surface area contributed by atoms with E-state index in [0.717, 1.165) is 0 Å². The zero-order chi connectivity index (χ0) is 26.3. The Morgan fingerprint density at radius 1 is 0.765 bits per heavy atom. The van der Waals surface area contributed by atoms with Gasteiger partial charge in [0.25, 0.3) is 0 Å². The number of hydrogen-bond donors (Lipinski definition) is 6. The molecule has 4 atom stereocenters. The van der Waals surface area contributed by atoms with E-state index in [1.54, 1.807) is 0 Å². The molecule has 0 saturated carbocycles. The molecule has 0 fully saturated rings. The Morgan fingerprint density at radius 2 is 1.24 bits per heavy atom. The molecule has 34 heavy (non-hydrogen) atoms. The van der Waals surface area contributed by atoms with Crippen LogP contribution in [0.2, 0.25) is 0 Å². The molecule has 196 valence electrons. The zero-order valence-electron chi connectivity index (χ0n) is 20.2. The average molecular weight is 523 g/mol. The predicted molar refractivity (Wildman–Crippen MR) is 134 cm³/mol. The SMILES string of the molecule is CSCCC(N)C(=O)NC(CCC(=O)O)C(=O)NC(CCSC)C(=O)NC(CC(C)C)C(=O)O. The Bertz CT molecular complexity index is 694. The van der Waals surface area contributed by atoms with Gasteiger partial charge in [0.1, 0.15) is 18.1 Å². The van der Waals surface area contributed by atoms with Crippen LogP contribution in [0.1, 0.15) is 46.0 Å². The van der Waals surface area contributed by atoms with E-state index in [1.165, 1.54) is 23.5 Å². The fourth-order valence-electron chi connectivity index (χ4n) is 2.93. The van der Waals surface area contributed by atoms with Crippen LogP contribution in [0.5, 0.6) is 0 Å². The Kier molecular flexibility index (Phi) is 16.4.